The number of ether oxygens (including phenoxy) is 2. The number of aliphatic hydroxyl groups is 1. The summed E-state index contributed by atoms with van der Waals surface area (Å²) in [5.74, 6) is 0.320. The van der Waals surface area contributed by atoms with Crippen LogP contribution in [0.2, 0.25) is 5.02 Å². The number of carbonyl (C=O) groups excluding carboxylic acids is 1. The van der Waals surface area contributed by atoms with E-state index < -0.39 is 33.4 Å². The number of nitrogens with zero attached hydrogens (tertiary/aromatic N) is 1. The number of aryl methyl sites for hydroxylation is 1. The van der Waals surface area contributed by atoms with Gasteiger partial charge in [-0.15, -0.1) is 0 Å². The van der Waals surface area contributed by atoms with Crippen LogP contribution in [0.3, 0.4) is 0 Å². The first-order valence-electron chi connectivity index (χ1n) is 14.8. The van der Waals surface area contributed by atoms with Crippen LogP contribution in [0.5, 0.6) is 5.75 Å². The van der Waals surface area contributed by atoms with Gasteiger partial charge in [-0.25, -0.2) is 13.1 Å². The van der Waals surface area contributed by atoms with Crippen LogP contribution in [0, 0.1) is 11.8 Å². The second-order valence-electron chi connectivity index (χ2n) is 12.4. The zero-order valence-electron chi connectivity index (χ0n) is 24.1. The number of rotatable bonds is 1. The van der Waals surface area contributed by atoms with E-state index in [2.05, 4.69) is 21.8 Å². The molecule has 0 saturated heterocycles. The Bertz CT molecular complexity index is 1500. The standard InChI is InChI=1S/C32H39ClN2O6S/c1-20-29(40-2)7-3-6-28(36)25-11-8-23(25)17-35-18-32(14-4-5-21-15-24(33)10-12-26(21)32)19-41-30-13-9-22(16-27(30)35)31(37)34-42(20,38)39/h3,6,9-10,12-13,15-16,20,23,25,28-29,36H,4-5,7-8,11,14,17-19H2,1-2H3,(H,34,37)/b6-3-/t20-,23+,25-,28+,29-,32+/m1/s1. The van der Waals surface area contributed by atoms with E-state index in [9.17, 15) is 18.3 Å². The molecule has 8 nitrogen and oxygen atoms in total. The Morgan fingerprint density at radius 3 is 2.79 bits per heavy atom. The van der Waals surface area contributed by atoms with Crippen molar-refractivity contribution in [1.29, 1.82) is 0 Å². The second-order valence-corrected chi connectivity index (χ2v) is 14.9. The van der Waals surface area contributed by atoms with Crippen molar-refractivity contribution in [2.24, 2.45) is 11.8 Å². The number of fused-ring (bicyclic) bond motifs is 4. The van der Waals surface area contributed by atoms with Crippen LogP contribution in [0.15, 0.2) is 48.6 Å². The van der Waals surface area contributed by atoms with Gasteiger partial charge >= 0.3 is 0 Å². The zero-order chi connectivity index (χ0) is 29.6. The molecule has 2 N–H and O–H groups in total. The Morgan fingerprint density at radius 1 is 1.19 bits per heavy atom. The molecular weight excluding hydrogens is 576 g/mol. The van der Waals surface area contributed by atoms with Gasteiger partial charge in [0.15, 0.2) is 0 Å². The predicted molar refractivity (Wildman–Crippen MR) is 163 cm³/mol. The summed E-state index contributed by atoms with van der Waals surface area (Å²) in [7, 11) is -2.59. The van der Waals surface area contributed by atoms with Crippen LogP contribution in [0.25, 0.3) is 0 Å². The van der Waals surface area contributed by atoms with Crippen LogP contribution < -0.4 is 14.4 Å². The summed E-state index contributed by atoms with van der Waals surface area (Å²) in [6, 6.07) is 11.3. The molecule has 1 amide bonds. The third kappa shape index (κ3) is 5.45. The fraction of sp³-hybridized carbons (Fsp3) is 0.531. The van der Waals surface area contributed by atoms with E-state index in [1.165, 1.54) is 25.2 Å². The average molecular weight is 615 g/mol. The van der Waals surface area contributed by atoms with Crippen molar-refractivity contribution in [3.8, 4) is 5.75 Å². The summed E-state index contributed by atoms with van der Waals surface area (Å²) in [6.07, 6.45) is 7.41. The van der Waals surface area contributed by atoms with Crippen molar-refractivity contribution in [3.63, 3.8) is 0 Å². The summed E-state index contributed by atoms with van der Waals surface area (Å²) in [5.41, 5.74) is 3.23. The van der Waals surface area contributed by atoms with E-state index in [1.54, 1.807) is 30.4 Å². The van der Waals surface area contributed by atoms with Crippen molar-refractivity contribution in [2.45, 2.75) is 68.3 Å². The zero-order valence-corrected chi connectivity index (χ0v) is 25.7. The molecule has 0 unspecified atom stereocenters. The monoisotopic (exact) mass is 614 g/mol. The van der Waals surface area contributed by atoms with Crippen LogP contribution in [-0.2, 0) is 26.6 Å². The molecule has 226 valence electrons. The van der Waals surface area contributed by atoms with Gasteiger partial charge in [0.1, 0.15) is 11.0 Å². The molecule has 2 aliphatic carbocycles. The lowest BCUT2D eigenvalue weighted by molar-refractivity contribution is 0.0452. The molecule has 2 aromatic rings. The van der Waals surface area contributed by atoms with E-state index in [-0.39, 0.29) is 22.8 Å². The number of halogens is 1. The number of anilines is 1. The molecule has 10 heteroatoms. The summed E-state index contributed by atoms with van der Waals surface area (Å²) in [6.45, 7) is 3.39. The lowest BCUT2D eigenvalue weighted by atomic mass is 9.68. The number of hydrogen-bond acceptors (Lipinski definition) is 7. The lowest BCUT2D eigenvalue weighted by Gasteiger charge is -2.45. The molecule has 6 atom stereocenters. The highest BCUT2D eigenvalue weighted by atomic mass is 35.5. The van der Waals surface area contributed by atoms with Crippen LogP contribution in [0.1, 0.15) is 60.5 Å². The van der Waals surface area contributed by atoms with Crippen LogP contribution in [-0.4, -0.2) is 63.7 Å². The first-order valence-corrected chi connectivity index (χ1v) is 16.8. The van der Waals surface area contributed by atoms with Gasteiger partial charge in [-0.05, 0) is 98.7 Å². The third-order valence-corrected chi connectivity index (χ3v) is 11.9. The van der Waals surface area contributed by atoms with Gasteiger partial charge in [0.2, 0.25) is 10.0 Å². The molecule has 42 heavy (non-hydrogen) atoms. The highest BCUT2D eigenvalue weighted by Crippen LogP contribution is 2.46. The number of nitrogens with one attached hydrogen (secondary N) is 1. The molecule has 2 heterocycles. The van der Waals surface area contributed by atoms with Crippen LogP contribution in [0.4, 0.5) is 5.69 Å². The van der Waals surface area contributed by atoms with Gasteiger partial charge in [0.25, 0.3) is 5.91 Å². The van der Waals surface area contributed by atoms with Crippen molar-refractivity contribution in [3.05, 3.63) is 70.3 Å². The second kappa shape index (κ2) is 11.5. The topological polar surface area (TPSA) is 105 Å². The minimum absolute atomic E-state index is 0.0869. The molecular formula is C32H39ClN2O6S. The number of methoxy groups -OCH3 is 1. The molecule has 6 rings (SSSR count). The molecule has 1 saturated carbocycles. The summed E-state index contributed by atoms with van der Waals surface area (Å²) >= 11 is 6.38. The number of sulfonamides is 1. The smallest absolute Gasteiger partial charge is 0.264 e. The number of carbonyl (C=O) groups is 1. The molecule has 1 spiro atoms. The van der Waals surface area contributed by atoms with Gasteiger partial charge in [-0.3, -0.25) is 4.79 Å². The molecule has 2 bridgehead atoms. The maximum atomic E-state index is 13.3. The fourth-order valence-corrected chi connectivity index (χ4v) is 8.64. The van der Waals surface area contributed by atoms with E-state index >= 15 is 0 Å². The fourth-order valence-electron chi connectivity index (χ4n) is 7.26. The van der Waals surface area contributed by atoms with E-state index in [0.29, 0.717) is 31.9 Å². The Hall–Kier alpha value is -2.59. The van der Waals surface area contributed by atoms with Gasteiger partial charge in [-0.1, -0.05) is 29.8 Å². The van der Waals surface area contributed by atoms with Gasteiger partial charge in [0.05, 0.1) is 24.5 Å². The number of amides is 1. The number of hydrogen-bond donors (Lipinski definition) is 2. The SMILES string of the molecule is CO[C@@H]1C/C=C\[C@H](O)[C@@H]2CC[C@H]2CN2C[C@@]3(CCCc4cc(Cl)ccc43)COc3ccc(cc32)C(=O)NS(=O)(=O)[C@@H]1C. The largest absolute Gasteiger partial charge is 0.490 e. The highest BCUT2D eigenvalue weighted by molar-refractivity contribution is 7.90. The third-order valence-electron chi connectivity index (χ3n) is 9.92. The Balaban J connectivity index is 1.42. The van der Waals surface area contributed by atoms with Gasteiger partial charge < -0.3 is 19.5 Å². The maximum absolute atomic E-state index is 13.3. The first kappa shape index (κ1) is 29.5. The number of benzene rings is 2. The molecule has 2 aromatic carbocycles. The predicted octanol–water partition coefficient (Wildman–Crippen LogP) is 4.62. The van der Waals surface area contributed by atoms with Crippen molar-refractivity contribution < 1.29 is 27.8 Å². The van der Waals surface area contributed by atoms with E-state index in [4.69, 9.17) is 21.1 Å². The highest BCUT2D eigenvalue weighted by Gasteiger charge is 2.44. The Labute approximate surface area is 253 Å². The minimum Gasteiger partial charge on any atom is -0.490 e. The quantitative estimate of drug-likeness (QED) is 0.452. The van der Waals surface area contributed by atoms with Crippen molar-refractivity contribution in [1.82, 2.24) is 4.72 Å². The molecule has 0 radical (unpaired) electrons. The molecule has 1 fully saturated rings. The number of aliphatic hydroxyl groups excluding tert-OH is 1. The Kier molecular flexibility index (Phi) is 8.06. The lowest BCUT2D eigenvalue weighted by Crippen LogP contribution is -2.49. The van der Waals surface area contributed by atoms with Crippen LogP contribution >= 0.6 is 11.6 Å². The minimum atomic E-state index is -4.05. The van der Waals surface area contributed by atoms with Crippen molar-refractivity contribution >= 4 is 33.2 Å². The molecule has 0 aromatic heterocycles. The normalized spacial score (nSPS) is 33.3. The van der Waals surface area contributed by atoms with E-state index in [1.807, 2.05) is 6.07 Å². The first-order chi connectivity index (χ1) is 20.1. The van der Waals surface area contributed by atoms with E-state index in [0.717, 1.165) is 42.8 Å². The summed E-state index contributed by atoms with van der Waals surface area (Å²) < 4.78 is 40.7. The summed E-state index contributed by atoms with van der Waals surface area (Å²) in [5, 5.41) is 10.9. The van der Waals surface area contributed by atoms with Crippen molar-refractivity contribution in [2.75, 3.05) is 31.7 Å². The molecule has 2 aliphatic heterocycles. The Morgan fingerprint density at radius 2 is 2.02 bits per heavy atom. The molecule has 4 aliphatic rings. The van der Waals surface area contributed by atoms with Gasteiger partial charge in [0, 0.05) is 36.2 Å². The average Bonchev–Trinajstić information content (AvgIpc) is 3.09. The van der Waals surface area contributed by atoms with Gasteiger partial charge in [-0.2, -0.15) is 0 Å². The summed E-state index contributed by atoms with van der Waals surface area (Å²) in [4.78, 5) is 15.7. The maximum Gasteiger partial charge on any atom is 0.264 e.